The Bertz CT molecular complexity index is 329. The van der Waals surface area contributed by atoms with Crippen LogP contribution < -0.4 is 5.32 Å². The standard InChI is InChI=1S/C14H22ClNS/c1-11(9-16-14(2,3)4)17-10-12-5-7-13(15)8-6-12/h5-8,11,16H,9-10H2,1-4H3. The van der Waals surface area contributed by atoms with Gasteiger partial charge in [-0.05, 0) is 38.5 Å². The lowest BCUT2D eigenvalue weighted by molar-refractivity contribution is 0.429. The van der Waals surface area contributed by atoms with E-state index in [1.165, 1.54) is 5.56 Å². The monoisotopic (exact) mass is 271 g/mol. The Hall–Kier alpha value is -0.180. The summed E-state index contributed by atoms with van der Waals surface area (Å²) in [5, 5.41) is 4.95. The van der Waals surface area contributed by atoms with Crippen molar-refractivity contribution in [1.29, 1.82) is 0 Å². The molecule has 0 aliphatic rings. The summed E-state index contributed by atoms with van der Waals surface area (Å²) in [6, 6.07) is 8.10. The van der Waals surface area contributed by atoms with Gasteiger partial charge in [-0.2, -0.15) is 11.8 Å². The zero-order valence-electron chi connectivity index (χ0n) is 11.1. The molecule has 0 saturated heterocycles. The molecule has 1 nitrogen and oxygen atoms in total. The van der Waals surface area contributed by atoms with Crippen LogP contribution in [0.15, 0.2) is 24.3 Å². The second-order valence-electron chi connectivity index (χ2n) is 5.38. The molecule has 0 fully saturated rings. The molecule has 0 aliphatic heterocycles. The summed E-state index contributed by atoms with van der Waals surface area (Å²) in [4.78, 5) is 0. The highest BCUT2D eigenvalue weighted by molar-refractivity contribution is 7.99. The van der Waals surface area contributed by atoms with Crippen LogP contribution in [0.1, 0.15) is 33.3 Å². The number of rotatable bonds is 5. The maximum Gasteiger partial charge on any atom is 0.0406 e. The van der Waals surface area contributed by atoms with Gasteiger partial charge in [-0.25, -0.2) is 0 Å². The lowest BCUT2D eigenvalue weighted by atomic mass is 10.1. The maximum atomic E-state index is 5.86. The van der Waals surface area contributed by atoms with Crippen LogP contribution in [-0.2, 0) is 5.75 Å². The first-order chi connectivity index (χ1) is 7.87. The van der Waals surface area contributed by atoms with Gasteiger partial charge in [0.05, 0.1) is 0 Å². The van der Waals surface area contributed by atoms with E-state index in [0.717, 1.165) is 17.3 Å². The molecule has 1 aromatic carbocycles. The van der Waals surface area contributed by atoms with E-state index in [1.54, 1.807) is 0 Å². The molecule has 1 rings (SSSR count). The molecular weight excluding hydrogens is 250 g/mol. The first kappa shape index (κ1) is 14.9. The van der Waals surface area contributed by atoms with E-state index < -0.39 is 0 Å². The number of hydrogen-bond acceptors (Lipinski definition) is 2. The van der Waals surface area contributed by atoms with Crippen LogP contribution in [0.4, 0.5) is 0 Å². The fourth-order valence-corrected chi connectivity index (χ4v) is 2.32. The molecule has 0 heterocycles. The molecule has 96 valence electrons. The molecule has 1 atom stereocenters. The van der Waals surface area contributed by atoms with Crippen LogP contribution in [0.2, 0.25) is 5.02 Å². The minimum atomic E-state index is 0.203. The fourth-order valence-electron chi connectivity index (χ4n) is 1.33. The van der Waals surface area contributed by atoms with E-state index in [2.05, 4.69) is 45.1 Å². The third-order valence-corrected chi connectivity index (χ3v) is 3.86. The molecule has 1 aromatic rings. The summed E-state index contributed by atoms with van der Waals surface area (Å²) >= 11 is 7.83. The van der Waals surface area contributed by atoms with Crippen molar-refractivity contribution in [2.75, 3.05) is 6.54 Å². The molecule has 0 aliphatic carbocycles. The van der Waals surface area contributed by atoms with Crippen molar-refractivity contribution < 1.29 is 0 Å². The molecule has 0 aromatic heterocycles. The number of nitrogens with one attached hydrogen (secondary N) is 1. The van der Waals surface area contributed by atoms with E-state index in [0.29, 0.717) is 5.25 Å². The van der Waals surface area contributed by atoms with Crippen molar-refractivity contribution in [2.24, 2.45) is 0 Å². The van der Waals surface area contributed by atoms with E-state index >= 15 is 0 Å². The molecule has 0 radical (unpaired) electrons. The summed E-state index contributed by atoms with van der Waals surface area (Å²) in [6.07, 6.45) is 0. The number of thioether (sulfide) groups is 1. The highest BCUT2D eigenvalue weighted by Crippen LogP contribution is 2.19. The van der Waals surface area contributed by atoms with Crippen LogP contribution in [0.5, 0.6) is 0 Å². The van der Waals surface area contributed by atoms with Gasteiger partial charge in [-0.15, -0.1) is 0 Å². The van der Waals surface area contributed by atoms with Crippen molar-refractivity contribution in [3.63, 3.8) is 0 Å². The molecule has 0 bridgehead atoms. The van der Waals surface area contributed by atoms with E-state index in [9.17, 15) is 0 Å². The SMILES string of the molecule is CC(CNC(C)(C)C)SCc1ccc(Cl)cc1. The highest BCUT2D eigenvalue weighted by Gasteiger charge is 2.11. The highest BCUT2D eigenvalue weighted by atomic mass is 35.5. The Balaban J connectivity index is 2.28. The average molecular weight is 272 g/mol. The van der Waals surface area contributed by atoms with Gasteiger partial charge in [0.1, 0.15) is 0 Å². The van der Waals surface area contributed by atoms with Crippen LogP contribution in [0, 0.1) is 0 Å². The number of hydrogen-bond donors (Lipinski definition) is 1. The van der Waals surface area contributed by atoms with E-state index in [4.69, 9.17) is 11.6 Å². The van der Waals surface area contributed by atoms with Gasteiger partial charge in [0.15, 0.2) is 0 Å². The maximum absolute atomic E-state index is 5.86. The van der Waals surface area contributed by atoms with Crippen LogP contribution in [-0.4, -0.2) is 17.3 Å². The van der Waals surface area contributed by atoms with Crippen molar-refractivity contribution in [1.82, 2.24) is 5.32 Å². The van der Waals surface area contributed by atoms with Crippen LogP contribution >= 0.6 is 23.4 Å². The molecule has 0 saturated carbocycles. The van der Waals surface area contributed by atoms with Crippen molar-refractivity contribution in [2.45, 2.75) is 44.2 Å². The minimum Gasteiger partial charge on any atom is -0.311 e. The first-order valence-electron chi connectivity index (χ1n) is 5.98. The largest absolute Gasteiger partial charge is 0.311 e. The molecular formula is C14H22ClNS. The quantitative estimate of drug-likeness (QED) is 0.855. The van der Waals surface area contributed by atoms with Crippen LogP contribution in [0.25, 0.3) is 0 Å². The van der Waals surface area contributed by atoms with Gasteiger partial charge in [0, 0.05) is 28.1 Å². The van der Waals surface area contributed by atoms with Gasteiger partial charge in [0.25, 0.3) is 0 Å². The minimum absolute atomic E-state index is 0.203. The third kappa shape index (κ3) is 6.97. The van der Waals surface area contributed by atoms with E-state index in [-0.39, 0.29) is 5.54 Å². The summed E-state index contributed by atoms with van der Waals surface area (Å²) in [5.74, 6) is 1.05. The topological polar surface area (TPSA) is 12.0 Å². The Morgan fingerprint density at radius 2 is 1.82 bits per heavy atom. The first-order valence-corrected chi connectivity index (χ1v) is 7.40. The molecule has 1 unspecified atom stereocenters. The summed E-state index contributed by atoms with van der Waals surface area (Å²) < 4.78 is 0. The molecule has 3 heteroatoms. The van der Waals surface area contributed by atoms with Gasteiger partial charge < -0.3 is 5.32 Å². The zero-order valence-corrected chi connectivity index (χ0v) is 12.7. The van der Waals surface area contributed by atoms with Gasteiger partial charge in [-0.1, -0.05) is 30.7 Å². The smallest absolute Gasteiger partial charge is 0.0406 e. The molecule has 0 spiro atoms. The molecule has 1 N–H and O–H groups in total. The Morgan fingerprint density at radius 1 is 1.24 bits per heavy atom. The zero-order chi connectivity index (χ0) is 12.9. The fraction of sp³-hybridized carbons (Fsp3) is 0.571. The van der Waals surface area contributed by atoms with Gasteiger partial charge in [0.2, 0.25) is 0 Å². The van der Waals surface area contributed by atoms with Gasteiger partial charge in [-0.3, -0.25) is 0 Å². The lowest BCUT2D eigenvalue weighted by Crippen LogP contribution is -2.39. The summed E-state index contributed by atoms with van der Waals surface area (Å²) in [5.41, 5.74) is 1.54. The molecule has 0 amide bonds. The van der Waals surface area contributed by atoms with Crippen molar-refractivity contribution in [3.05, 3.63) is 34.9 Å². The van der Waals surface area contributed by atoms with Crippen LogP contribution in [0.3, 0.4) is 0 Å². The third-order valence-electron chi connectivity index (χ3n) is 2.37. The normalized spacial score (nSPS) is 13.7. The van der Waals surface area contributed by atoms with E-state index in [1.807, 2.05) is 23.9 Å². The second kappa shape index (κ2) is 6.67. The Morgan fingerprint density at radius 3 is 2.35 bits per heavy atom. The summed E-state index contributed by atoms with van der Waals surface area (Å²) in [7, 11) is 0. The average Bonchev–Trinajstić information content (AvgIpc) is 2.25. The van der Waals surface area contributed by atoms with Gasteiger partial charge >= 0.3 is 0 Å². The Kier molecular flexibility index (Phi) is 5.84. The number of halogens is 1. The summed E-state index contributed by atoms with van der Waals surface area (Å²) in [6.45, 7) is 9.90. The Labute approximate surface area is 114 Å². The van der Waals surface area contributed by atoms with Crippen molar-refractivity contribution in [3.8, 4) is 0 Å². The molecule has 17 heavy (non-hydrogen) atoms. The predicted octanol–water partition coefficient (Wildman–Crippen LogP) is 4.35. The van der Waals surface area contributed by atoms with Crippen molar-refractivity contribution >= 4 is 23.4 Å². The lowest BCUT2D eigenvalue weighted by Gasteiger charge is -2.23. The number of benzene rings is 1. The predicted molar refractivity (Wildman–Crippen MR) is 80.0 cm³/mol. The second-order valence-corrected chi connectivity index (χ2v) is 7.24.